The van der Waals surface area contributed by atoms with Crippen LogP contribution in [0.1, 0.15) is 46.5 Å². The number of carbonyl (C=O) groups is 2. The third-order valence-electron chi connectivity index (χ3n) is 2.12. The number of Topliss-reactive ketones (excluding diaryl/α,β-unsaturated/α-hetero) is 1. The summed E-state index contributed by atoms with van der Waals surface area (Å²) < 4.78 is 61.7. The van der Waals surface area contributed by atoms with Gasteiger partial charge < -0.3 is 9.47 Å². The molecule has 0 aliphatic heterocycles. The minimum atomic E-state index is -3.48. The highest BCUT2D eigenvalue weighted by molar-refractivity contribution is 6.44. The zero-order valence-electron chi connectivity index (χ0n) is 17.5. The predicted molar refractivity (Wildman–Crippen MR) is 77.8 cm³/mol. The minimum Gasteiger partial charge on any atom is -0.480 e. The molecule has 110 valence electrons. The average molecular weight is 326 g/mol. The lowest BCUT2D eigenvalue weighted by molar-refractivity contribution is -0.145. The van der Waals surface area contributed by atoms with Crippen LogP contribution in [0.3, 0.4) is 0 Å². The molecular weight excluding hydrogens is 303 g/mol. The van der Waals surface area contributed by atoms with Crippen LogP contribution in [0.15, 0.2) is 12.1 Å². The monoisotopic (exact) mass is 325 g/mol. The molecule has 0 saturated heterocycles. The molecule has 0 N–H and O–H groups in total. The molecule has 0 spiro atoms. The number of esters is 1. The van der Waals surface area contributed by atoms with Gasteiger partial charge in [0.05, 0.1) is 11.6 Å². The van der Waals surface area contributed by atoms with Gasteiger partial charge in [0.15, 0.2) is 12.4 Å². The molecule has 0 bridgehead atoms. The zero-order chi connectivity index (χ0) is 21.2. The number of ether oxygens (including phenoxy) is 2. The van der Waals surface area contributed by atoms with Gasteiger partial charge in [0.2, 0.25) is 0 Å². The lowest BCUT2D eigenvalue weighted by Crippen LogP contribution is -2.14. The van der Waals surface area contributed by atoms with Crippen LogP contribution in [0.5, 0.6) is 5.75 Å². The minimum absolute atomic E-state index is 0.0920. The van der Waals surface area contributed by atoms with Crippen LogP contribution in [0.25, 0.3) is 0 Å². The summed E-state index contributed by atoms with van der Waals surface area (Å²) >= 11 is 11.9. The lowest BCUT2D eigenvalue weighted by atomic mass is 10.1. The predicted octanol–water partition coefficient (Wildman–Crippen LogP) is 3.92. The molecule has 0 aromatic heterocycles. The molecule has 0 heterocycles. The largest absolute Gasteiger partial charge is 0.480 e. The maximum atomic E-state index is 12.5. The Labute approximate surface area is 137 Å². The van der Waals surface area contributed by atoms with Gasteiger partial charge in [0.1, 0.15) is 10.8 Å². The van der Waals surface area contributed by atoms with E-state index in [0.717, 1.165) is 12.1 Å². The van der Waals surface area contributed by atoms with E-state index in [9.17, 15) is 9.59 Å². The summed E-state index contributed by atoms with van der Waals surface area (Å²) in [5.41, 5.74) is -0.525. The average Bonchev–Trinajstić information content (AvgIpc) is 2.54. The normalized spacial score (nSPS) is 17.4. The Kier molecular flexibility index (Phi) is 3.61. The first kappa shape index (κ1) is 8.90. The molecule has 0 radical (unpaired) electrons. The standard InChI is InChI=1S/C14H16Cl2O4/c1-3-5-10(17)9-6-7-11(14(16)13(9)15)20-8-12(18)19-4-2/h6-7H,3-5,8H2,1-2H3/i1D3,3D2,5D2. The van der Waals surface area contributed by atoms with E-state index >= 15 is 0 Å². The van der Waals surface area contributed by atoms with Gasteiger partial charge in [0, 0.05) is 21.5 Å². The van der Waals surface area contributed by atoms with E-state index in [1.165, 1.54) is 0 Å². The van der Waals surface area contributed by atoms with Crippen molar-refractivity contribution in [2.24, 2.45) is 0 Å². The van der Waals surface area contributed by atoms with Gasteiger partial charge in [-0.25, -0.2) is 4.79 Å². The number of hydrogen-bond donors (Lipinski definition) is 0. The summed E-state index contributed by atoms with van der Waals surface area (Å²) in [6.07, 6.45) is -6.90. The first-order valence-electron chi connectivity index (χ1n) is 8.99. The van der Waals surface area contributed by atoms with E-state index in [0.29, 0.717) is 0 Å². The van der Waals surface area contributed by atoms with E-state index in [4.69, 9.17) is 37.5 Å². The Morgan fingerprint density at radius 3 is 2.75 bits per heavy atom. The van der Waals surface area contributed by atoms with Crippen LogP contribution < -0.4 is 4.74 Å². The molecule has 6 heteroatoms. The second-order valence-electron chi connectivity index (χ2n) is 3.41. The van der Waals surface area contributed by atoms with Crippen molar-refractivity contribution in [3.05, 3.63) is 27.7 Å². The van der Waals surface area contributed by atoms with Crippen molar-refractivity contribution in [3.63, 3.8) is 0 Å². The number of halogens is 2. The quantitative estimate of drug-likeness (QED) is 0.563. The van der Waals surface area contributed by atoms with Crippen molar-refractivity contribution >= 4 is 35.0 Å². The van der Waals surface area contributed by atoms with Gasteiger partial charge in [-0.3, -0.25) is 4.79 Å². The van der Waals surface area contributed by atoms with E-state index < -0.39 is 48.5 Å². The summed E-state index contributed by atoms with van der Waals surface area (Å²) in [5.74, 6) is -2.26. The lowest BCUT2D eigenvalue weighted by Gasteiger charge is -2.11. The van der Waals surface area contributed by atoms with E-state index in [1.807, 2.05) is 0 Å². The van der Waals surface area contributed by atoms with Gasteiger partial charge in [-0.1, -0.05) is 30.1 Å². The first-order valence-corrected chi connectivity index (χ1v) is 6.25. The Balaban J connectivity index is 3.20. The van der Waals surface area contributed by atoms with Crippen molar-refractivity contribution in [1.82, 2.24) is 0 Å². The van der Waals surface area contributed by atoms with Gasteiger partial charge >= 0.3 is 5.97 Å². The van der Waals surface area contributed by atoms with Gasteiger partial charge in [-0.2, -0.15) is 0 Å². The summed E-state index contributed by atoms with van der Waals surface area (Å²) in [6.45, 7) is -2.14. The molecule has 1 aromatic rings. The molecule has 0 unspecified atom stereocenters. The number of rotatable bonds is 7. The highest BCUT2D eigenvalue weighted by Gasteiger charge is 2.16. The molecule has 1 aromatic carbocycles. The molecule has 0 saturated carbocycles. The number of hydrogen-bond acceptors (Lipinski definition) is 4. The van der Waals surface area contributed by atoms with Crippen molar-refractivity contribution in [2.75, 3.05) is 13.2 Å². The zero-order valence-corrected chi connectivity index (χ0v) is 12.0. The topological polar surface area (TPSA) is 52.6 Å². The fraction of sp³-hybridized carbons (Fsp3) is 0.429. The summed E-state index contributed by atoms with van der Waals surface area (Å²) in [5, 5.41) is -0.787. The third-order valence-corrected chi connectivity index (χ3v) is 2.98. The maximum absolute atomic E-state index is 12.5. The van der Waals surface area contributed by atoms with Crippen molar-refractivity contribution in [2.45, 2.75) is 26.5 Å². The molecule has 4 nitrogen and oxygen atoms in total. The van der Waals surface area contributed by atoms with Crippen LogP contribution in [0.2, 0.25) is 10.0 Å². The van der Waals surface area contributed by atoms with Gasteiger partial charge in [-0.05, 0) is 25.4 Å². The Hall–Kier alpha value is -1.26. The highest BCUT2D eigenvalue weighted by atomic mass is 35.5. The van der Waals surface area contributed by atoms with Crippen LogP contribution in [-0.4, -0.2) is 25.0 Å². The fourth-order valence-electron chi connectivity index (χ4n) is 1.28. The SMILES string of the molecule is [2H]C([2H])([2H])C([2H])([2H])C([2H])([2H])C(=O)c1ccc(OCC(=O)OCC)c(Cl)c1Cl. The van der Waals surface area contributed by atoms with E-state index in [1.54, 1.807) is 6.92 Å². The number of ketones is 1. The number of benzene rings is 1. The Morgan fingerprint density at radius 2 is 2.10 bits per heavy atom. The molecule has 0 fully saturated rings. The first-order chi connectivity index (χ1) is 12.2. The molecular formula is C14H16Cl2O4. The van der Waals surface area contributed by atoms with Crippen molar-refractivity contribution in [3.8, 4) is 5.75 Å². The van der Waals surface area contributed by atoms with Crippen LogP contribution >= 0.6 is 23.2 Å². The third kappa shape index (κ3) is 4.39. The molecule has 1 rings (SSSR count). The molecule has 20 heavy (non-hydrogen) atoms. The summed E-state index contributed by atoms with van der Waals surface area (Å²) in [6, 6.07) is 2.13. The molecule has 0 atom stereocenters. The Bertz CT molecular complexity index is 735. The van der Waals surface area contributed by atoms with E-state index in [2.05, 4.69) is 4.74 Å². The maximum Gasteiger partial charge on any atom is 0.344 e. The van der Waals surface area contributed by atoms with E-state index in [-0.39, 0.29) is 17.4 Å². The highest BCUT2D eigenvalue weighted by Crippen LogP contribution is 2.35. The van der Waals surface area contributed by atoms with Crippen LogP contribution in [0.4, 0.5) is 0 Å². The summed E-state index contributed by atoms with van der Waals surface area (Å²) in [7, 11) is 0. The molecule has 0 aliphatic carbocycles. The molecule has 0 amide bonds. The second kappa shape index (κ2) is 8.12. The smallest absolute Gasteiger partial charge is 0.344 e. The number of carbonyl (C=O) groups excluding carboxylic acids is 2. The van der Waals surface area contributed by atoms with Crippen LogP contribution in [0, 0.1) is 0 Å². The Morgan fingerprint density at radius 1 is 1.35 bits per heavy atom. The summed E-state index contributed by atoms with van der Waals surface area (Å²) in [4.78, 5) is 23.8. The van der Waals surface area contributed by atoms with Crippen molar-refractivity contribution < 1.29 is 28.7 Å². The molecule has 0 aliphatic rings. The van der Waals surface area contributed by atoms with Crippen LogP contribution in [-0.2, 0) is 9.53 Å². The second-order valence-corrected chi connectivity index (χ2v) is 4.17. The van der Waals surface area contributed by atoms with Gasteiger partial charge in [-0.15, -0.1) is 0 Å². The van der Waals surface area contributed by atoms with Crippen molar-refractivity contribution in [1.29, 1.82) is 0 Å². The van der Waals surface area contributed by atoms with Gasteiger partial charge in [0.25, 0.3) is 0 Å². The fourth-order valence-corrected chi connectivity index (χ4v) is 1.74.